The lowest BCUT2D eigenvalue weighted by Crippen LogP contribution is -2.13. The molecular weight excluding hydrogens is 381 g/mol. The molecule has 2 heteroatoms. The van der Waals surface area contributed by atoms with Crippen LogP contribution >= 0.6 is 0 Å². The van der Waals surface area contributed by atoms with E-state index < -0.39 is 0 Å². The fourth-order valence-corrected chi connectivity index (χ4v) is 4.57. The molecule has 0 spiro atoms. The van der Waals surface area contributed by atoms with Crippen molar-refractivity contribution in [2.75, 3.05) is 0 Å². The normalized spacial score (nSPS) is 18.1. The summed E-state index contributed by atoms with van der Waals surface area (Å²) in [6.45, 7) is 3.83. The number of hydrogen-bond acceptors (Lipinski definition) is 1. The van der Waals surface area contributed by atoms with Crippen LogP contribution in [0.1, 0.15) is 66.7 Å². The third-order valence-electron chi connectivity index (χ3n) is 6.43. The smallest absolute Gasteiger partial charge is 0.146 e. The largest absolute Gasteiger partial charge is 0.205 e. The SMILES string of the molecule is C=CCCC1CCC(c2ccc3c(F)c(C#Cc4ccc(C#N)cc4)ccc3c2)CC1. The van der Waals surface area contributed by atoms with Gasteiger partial charge in [-0.25, -0.2) is 4.39 Å². The number of allylic oxidation sites excluding steroid dienone is 1. The van der Waals surface area contributed by atoms with Crippen LogP contribution in [0.2, 0.25) is 0 Å². The molecule has 1 saturated carbocycles. The standard InChI is InChI=1S/C29H26FN/c1-2-3-4-21-9-12-24(13-10-21)26-17-18-28-27(19-26)16-15-25(29(28)30)14-11-22-5-7-23(20-31)8-6-22/h2,5-8,15-19,21,24H,1,3-4,9-10,12-13H2. The number of rotatable bonds is 4. The Morgan fingerprint density at radius 1 is 0.935 bits per heavy atom. The zero-order valence-electron chi connectivity index (χ0n) is 17.7. The van der Waals surface area contributed by atoms with Gasteiger partial charge in [-0.15, -0.1) is 6.58 Å². The van der Waals surface area contributed by atoms with E-state index >= 15 is 4.39 Å². The topological polar surface area (TPSA) is 23.8 Å². The number of benzene rings is 3. The van der Waals surface area contributed by atoms with E-state index in [1.165, 1.54) is 37.7 Å². The number of halogens is 1. The van der Waals surface area contributed by atoms with Crippen LogP contribution < -0.4 is 0 Å². The minimum Gasteiger partial charge on any atom is -0.205 e. The predicted molar refractivity (Wildman–Crippen MR) is 125 cm³/mol. The van der Waals surface area contributed by atoms with Gasteiger partial charge in [0.1, 0.15) is 5.82 Å². The average molecular weight is 408 g/mol. The first kappa shape index (κ1) is 20.9. The van der Waals surface area contributed by atoms with Gasteiger partial charge in [-0.2, -0.15) is 5.26 Å². The zero-order chi connectivity index (χ0) is 21.6. The Morgan fingerprint density at radius 3 is 2.39 bits per heavy atom. The molecule has 0 aromatic heterocycles. The van der Waals surface area contributed by atoms with Crippen molar-refractivity contribution in [1.29, 1.82) is 5.26 Å². The lowest BCUT2D eigenvalue weighted by molar-refractivity contribution is 0.312. The Kier molecular flexibility index (Phi) is 6.49. The fourth-order valence-electron chi connectivity index (χ4n) is 4.57. The first-order valence-corrected chi connectivity index (χ1v) is 11.0. The van der Waals surface area contributed by atoms with E-state index in [0.29, 0.717) is 22.4 Å². The number of fused-ring (bicyclic) bond motifs is 1. The summed E-state index contributed by atoms with van der Waals surface area (Å²) in [6, 6.07) is 19.0. The van der Waals surface area contributed by atoms with Gasteiger partial charge in [-0.05, 0) is 91.6 Å². The van der Waals surface area contributed by atoms with Gasteiger partial charge in [-0.1, -0.05) is 42.2 Å². The summed E-state index contributed by atoms with van der Waals surface area (Å²) in [4.78, 5) is 0. The second-order valence-corrected chi connectivity index (χ2v) is 8.43. The average Bonchev–Trinajstić information content (AvgIpc) is 2.83. The predicted octanol–water partition coefficient (Wildman–Crippen LogP) is 7.49. The Hall–Kier alpha value is -3.36. The lowest BCUT2D eigenvalue weighted by atomic mass is 9.77. The molecule has 0 aliphatic heterocycles. The highest BCUT2D eigenvalue weighted by Gasteiger charge is 2.22. The van der Waals surface area contributed by atoms with Crippen LogP contribution in [-0.4, -0.2) is 0 Å². The van der Waals surface area contributed by atoms with Crippen molar-refractivity contribution >= 4 is 10.8 Å². The van der Waals surface area contributed by atoms with Crippen LogP contribution in [0.5, 0.6) is 0 Å². The molecule has 1 aliphatic carbocycles. The quantitative estimate of drug-likeness (QED) is 0.325. The number of hydrogen-bond donors (Lipinski definition) is 0. The van der Waals surface area contributed by atoms with Crippen LogP contribution in [-0.2, 0) is 0 Å². The van der Waals surface area contributed by atoms with Crippen LogP contribution in [0.4, 0.5) is 4.39 Å². The minimum absolute atomic E-state index is 0.265. The molecule has 0 unspecified atom stereocenters. The van der Waals surface area contributed by atoms with Crippen LogP contribution in [0.3, 0.4) is 0 Å². The summed E-state index contributed by atoms with van der Waals surface area (Å²) in [5.41, 5.74) is 3.07. The lowest BCUT2D eigenvalue weighted by Gasteiger charge is -2.28. The van der Waals surface area contributed by atoms with Gasteiger partial charge in [0.05, 0.1) is 17.2 Å². The third-order valence-corrected chi connectivity index (χ3v) is 6.43. The Labute approximate surface area is 184 Å². The molecule has 0 N–H and O–H groups in total. The van der Waals surface area contributed by atoms with E-state index in [0.717, 1.165) is 23.3 Å². The third kappa shape index (κ3) is 4.87. The van der Waals surface area contributed by atoms with Crippen molar-refractivity contribution in [3.05, 3.63) is 95.3 Å². The second kappa shape index (κ2) is 9.63. The Morgan fingerprint density at radius 2 is 1.68 bits per heavy atom. The number of nitriles is 1. The molecule has 31 heavy (non-hydrogen) atoms. The summed E-state index contributed by atoms with van der Waals surface area (Å²) in [5, 5.41) is 10.4. The Balaban J connectivity index is 1.51. The van der Waals surface area contributed by atoms with E-state index in [9.17, 15) is 0 Å². The van der Waals surface area contributed by atoms with Crippen molar-refractivity contribution < 1.29 is 4.39 Å². The summed E-state index contributed by atoms with van der Waals surface area (Å²) >= 11 is 0. The molecule has 0 radical (unpaired) electrons. The highest BCUT2D eigenvalue weighted by atomic mass is 19.1. The maximum atomic E-state index is 15.1. The summed E-state index contributed by atoms with van der Waals surface area (Å²) in [5.74, 6) is 7.07. The molecule has 0 saturated heterocycles. The maximum Gasteiger partial charge on any atom is 0.146 e. The van der Waals surface area contributed by atoms with Crippen LogP contribution in [0.25, 0.3) is 10.8 Å². The first-order chi connectivity index (χ1) is 15.2. The van der Waals surface area contributed by atoms with Gasteiger partial charge in [-0.3, -0.25) is 0 Å². The van der Waals surface area contributed by atoms with Gasteiger partial charge >= 0.3 is 0 Å². The van der Waals surface area contributed by atoms with Gasteiger partial charge in [0.2, 0.25) is 0 Å². The zero-order valence-corrected chi connectivity index (χ0v) is 17.7. The summed E-state index contributed by atoms with van der Waals surface area (Å²) in [7, 11) is 0. The molecule has 0 bridgehead atoms. The summed E-state index contributed by atoms with van der Waals surface area (Å²) < 4.78 is 15.1. The fraction of sp³-hybridized carbons (Fsp3) is 0.276. The van der Waals surface area contributed by atoms with Crippen LogP contribution in [0.15, 0.2) is 67.3 Å². The molecule has 0 amide bonds. The van der Waals surface area contributed by atoms with E-state index in [1.807, 2.05) is 18.2 Å². The molecule has 0 atom stereocenters. The second-order valence-electron chi connectivity index (χ2n) is 8.43. The van der Waals surface area contributed by atoms with E-state index in [2.05, 4.69) is 36.6 Å². The maximum absolute atomic E-state index is 15.1. The van der Waals surface area contributed by atoms with Crippen molar-refractivity contribution in [2.24, 2.45) is 5.92 Å². The highest BCUT2D eigenvalue weighted by Crippen LogP contribution is 2.38. The summed E-state index contributed by atoms with van der Waals surface area (Å²) in [6.07, 6.45) is 9.36. The monoisotopic (exact) mass is 407 g/mol. The van der Waals surface area contributed by atoms with Gasteiger partial charge in [0.25, 0.3) is 0 Å². The molecule has 1 aliphatic rings. The molecule has 3 aromatic rings. The first-order valence-electron chi connectivity index (χ1n) is 11.0. The van der Waals surface area contributed by atoms with Gasteiger partial charge < -0.3 is 0 Å². The number of nitrogens with zero attached hydrogens (tertiary/aromatic N) is 1. The van der Waals surface area contributed by atoms with Crippen molar-refractivity contribution in [3.63, 3.8) is 0 Å². The molecule has 1 fully saturated rings. The van der Waals surface area contributed by atoms with E-state index in [-0.39, 0.29) is 5.82 Å². The van der Waals surface area contributed by atoms with Crippen molar-refractivity contribution in [1.82, 2.24) is 0 Å². The molecule has 0 heterocycles. The molecule has 3 aromatic carbocycles. The van der Waals surface area contributed by atoms with Crippen LogP contribution in [0, 0.1) is 34.9 Å². The minimum atomic E-state index is -0.265. The van der Waals surface area contributed by atoms with Crippen molar-refractivity contribution in [3.8, 4) is 17.9 Å². The molecule has 1 nitrogen and oxygen atoms in total. The van der Waals surface area contributed by atoms with Gasteiger partial charge in [0.15, 0.2) is 0 Å². The van der Waals surface area contributed by atoms with Gasteiger partial charge in [0, 0.05) is 10.9 Å². The Bertz CT molecular complexity index is 1180. The van der Waals surface area contributed by atoms with E-state index in [1.54, 1.807) is 30.3 Å². The van der Waals surface area contributed by atoms with E-state index in [4.69, 9.17) is 5.26 Å². The van der Waals surface area contributed by atoms with Crippen molar-refractivity contribution in [2.45, 2.75) is 44.4 Å². The molecule has 154 valence electrons. The highest BCUT2D eigenvalue weighted by molar-refractivity contribution is 5.85. The molecular formula is C29H26FN. The molecule has 4 rings (SSSR count).